The first-order valence-corrected chi connectivity index (χ1v) is 6.57. The number of benzene rings is 1. The molecule has 5 nitrogen and oxygen atoms in total. The van der Waals surface area contributed by atoms with Crippen LogP contribution in [0.2, 0.25) is 5.15 Å². The van der Waals surface area contributed by atoms with Gasteiger partial charge in [-0.2, -0.15) is 9.97 Å². The number of halogens is 1. The van der Waals surface area contributed by atoms with Crippen LogP contribution in [0.4, 0.5) is 5.95 Å². The molecule has 1 N–H and O–H groups in total. The topological polar surface area (TPSA) is 63.6 Å². The Bertz CT molecular complexity index is 732. The fourth-order valence-electron chi connectivity index (χ4n) is 1.91. The smallest absolute Gasteiger partial charge is 0.226 e. The van der Waals surface area contributed by atoms with E-state index in [-0.39, 0.29) is 6.04 Å². The van der Waals surface area contributed by atoms with E-state index in [1.54, 1.807) is 12.4 Å². The minimum Gasteiger partial charge on any atom is -0.348 e. The molecule has 3 aromatic rings. The molecule has 20 heavy (non-hydrogen) atoms. The van der Waals surface area contributed by atoms with Crippen LogP contribution < -0.4 is 5.32 Å². The third-order valence-corrected chi connectivity index (χ3v) is 3.20. The molecule has 1 unspecified atom stereocenters. The first-order valence-electron chi connectivity index (χ1n) is 6.20. The van der Waals surface area contributed by atoms with Crippen LogP contribution >= 0.6 is 11.6 Å². The minimum absolute atomic E-state index is 0.0707. The number of nitrogens with zero attached hydrogens (tertiary/aromatic N) is 4. The summed E-state index contributed by atoms with van der Waals surface area (Å²) >= 11 is 6.10. The molecule has 0 radical (unpaired) electrons. The van der Waals surface area contributed by atoms with Gasteiger partial charge in [0, 0.05) is 12.4 Å². The van der Waals surface area contributed by atoms with Crippen LogP contribution in [0.5, 0.6) is 0 Å². The summed E-state index contributed by atoms with van der Waals surface area (Å²) in [5.41, 5.74) is 2.13. The van der Waals surface area contributed by atoms with Crippen LogP contribution in [0.3, 0.4) is 0 Å². The SMILES string of the molecule is CC(Nc1nc(Cl)c2nccnc2n1)c1ccccc1. The van der Waals surface area contributed by atoms with Crippen molar-refractivity contribution >= 4 is 28.7 Å². The largest absolute Gasteiger partial charge is 0.348 e. The van der Waals surface area contributed by atoms with Gasteiger partial charge >= 0.3 is 0 Å². The summed E-state index contributed by atoms with van der Waals surface area (Å²) in [6.45, 7) is 2.04. The van der Waals surface area contributed by atoms with Gasteiger partial charge < -0.3 is 5.32 Å². The molecular weight excluding hydrogens is 274 g/mol. The van der Waals surface area contributed by atoms with Gasteiger partial charge in [-0.15, -0.1) is 0 Å². The Balaban J connectivity index is 1.91. The first-order chi connectivity index (χ1) is 9.74. The first kappa shape index (κ1) is 12.7. The van der Waals surface area contributed by atoms with E-state index < -0.39 is 0 Å². The highest BCUT2D eigenvalue weighted by atomic mass is 35.5. The number of hydrogen-bond acceptors (Lipinski definition) is 5. The molecular formula is C14H12ClN5. The van der Waals surface area contributed by atoms with E-state index in [1.807, 2.05) is 37.3 Å². The highest BCUT2D eigenvalue weighted by Gasteiger charge is 2.10. The van der Waals surface area contributed by atoms with E-state index in [2.05, 4.69) is 25.3 Å². The van der Waals surface area contributed by atoms with Crippen molar-refractivity contribution in [2.45, 2.75) is 13.0 Å². The van der Waals surface area contributed by atoms with Gasteiger partial charge in [-0.25, -0.2) is 9.97 Å². The number of aromatic nitrogens is 4. The van der Waals surface area contributed by atoms with E-state index in [0.717, 1.165) is 5.56 Å². The number of fused-ring (bicyclic) bond motifs is 1. The highest BCUT2D eigenvalue weighted by molar-refractivity contribution is 6.33. The van der Waals surface area contributed by atoms with Gasteiger partial charge in [0.2, 0.25) is 5.95 Å². The van der Waals surface area contributed by atoms with Gasteiger partial charge in [-0.1, -0.05) is 41.9 Å². The number of nitrogens with one attached hydrogen (secondary N) is 1. The Labute approximate surface area is 121 Å². The predicted octanol–water partition coefficient (Wildman–Crippen LogP) is 3.25. The zero-order chi connectivity index (χ0) is 13.9. The number of rotatable bonds is 3. The Morgan fingerprint density at radius 1 is 1.05 bits per heavy atom. The van der Waals surface area contributed by atoms with Crippen molar-refractivity contribution in [1.82, 2.24) is 19.9 Å². The molecule has 100 valence electrons. The summed E-state index contributed by atoms with van der Waals surface area (Å²) in [5, 5.41) is 3.51. The Hall–Kier alpha value is -2.27. The molecule has 0 spiro atoms. The second-order valence-corrected chi connectivity index (χ2v) is 4.70. The summed E-state index contributed by atoms with van der Waals surface area (Å²) in [4.78, 5) is 16.8. The van der Waals surface area contributed by atoms with E-state index in [1.165, 1.54) is 0 Å². The van der Waals surface area contributed by atoms with E-state index in [9.17, 15) is 0 Å². The molecule has 0 aliphatic carbocycles. The molecule has 1 aromatic carbocycles. The molecule has 0 fully saturated rings. The fourth-order valence-corrected chi connectivity index (χ4v) is 2.13. The zero-order valence-corrected chi connectivity index (χ0v) is 11.5. The lowest BCUT2D eigenvalue weighted by Crippen LogP contribution is -2.10. The normalized spacial score (nSPS) is 12.3. The average Bonchev–Trinajstić information content (AvgIpc) is 2.48. The monoisotopic (exact) mass is 285 g/mol. The average molecular weight is 286 g/mol. The molecule has 0 amide bonds. The predicted molar refractivity (Wildman–Crippen MR) is 78.6 cm³/mol. The van der Waals surface area contributed by atoms with Crippen molar-refractivity contribution in [3.63, 3.8) is 0 Å². The van der Waals surface area contributed by atoms with Gasteiger partial charge in [0.05, 0.1) is 6.04 Å². The van der Waals surface area contributed by atoms with Crippen LogP contribution in [-0.2, 0) is 0 Å². The van der Waals surface area contributed by atoms with Crippen LogP contribution in [0.25, 0.3) is 11.2 Å². The van der Waals surface area contributed by atoms with Crippen molar-refractivity contribution in [3.8, 4) is 0 Å². The quantitative estimate of drug-likeness (QED) is 0.749. The lowest BCUT2D eigenvalue weighted by molar-refractivity contribution is 0.862. The van der Waals surface area contributed by atoms with Crippen molar-refractivity contribution in [2.75, 3.05) is 5.32 Å². The molecule has 0 aliphatic heterocycles. The van der Waals surface area contributed by atoms with Gasteiger partial charge in [0.15, 0.2) is 10.8 Å². The Morgan fingerprint density at radius 2 is 1.80 bits per heavy atom. The standard InChI is InChI=1S/C14H12ClN5/c1-9(10-5-3-2-4-6-10)18-14-19-12(15)11-13(20-14)17-8-7-16-11/h2-9H,1H3,(H,17,18,19,20). The molecule has 1 atom stereocenters. The molecule has 3 rings (SSSR count). The van der Waals surface area contributed by atoms with E-state index >= 15 is 0 Å². The Kier molecular flexibility index (Phi) is 3.43. The molecule has 0 bridgehead atoms. The zero-order valence-electron chi connectivity index (χ0n) is 10.8. The summed E-state index contributed by atoms with van der Waals surface area (Å²) in [7, 11) is 0. The van der Waals surface area contributed by atoms with Crippen LogP contribution in [-0.4, -0.2) is 19.9 Å². The summed E-state index contributed by atoms with van der Waals surface area (Å²) in [5.74, 6) is 0.444. The summed E-state index contributed by atoms with van der Waals surface area (Å²) in [6.07, 6.45) is 3.15. The van der Waals surface area contributed by atoms with Crippen LogP contribution in [0.15, 0.2) is 42.7 Å². The lowest BCUT2D eigenvalue weighted by atomic mass is 10.1. The molecule has 2 heterocycles. The van der Waals surface area contributed by atoms with Crippen molar-refractivity contribution in [3.05, 3.63) is 53.4 Å². The van der Waals surface area contributed by atoms with E-state index in [4.69, 9.17) is 11.6 Å². The van der Waals surface area contributed by atoms with Crippen molar-refractivity contribution < 1.29 is 0 Å². The third-order valence-electron chi connectivity index (χ3n) is 2.94. The summed E-state index contributed by atoms with van der Waals surface area (Å²) in [6, 6.07) is 10.1. The molecule has 0 aliphatic rings. The maximum absolute atomic E-state index is 6.10. The van der Waals surface area contributed by atoms with Gasteiger partial charge in [-0.05, 0) is 12.5 Å². The molecule has 0 saturated heterocycles. The van der Waals surface area contributed by atoms with Crippen molar-refractivity contribution in [2.24, 2.45) is 0 Å². The van der Waals surface area contributed by atoms with Crippen molar-refractivity contribution in [1.29, 1.82) is 0 Å². The lowest BCUT2D eigenvalue weighted by Gasteiger charge is -2.14. The number of hydrogen-bond donors (Lipinski definition) is 1. The second-order valence-electron chi connectivity index (χ2n) is 4.34. The van der Waals surface area contributed by atoms with E-state index in [0.29, 0.717) is 22.3 Å². The van der Waals surface area contributed by atoms with Gasteiger partial charge in [0.1, 0.15) is 5.52 Å². The molecule has 2 aromatic heterocycles. The molecule has 0 saturated carbocycles. The van der Waals surface area contributed by atoms with Gasteiger partial charge in [0.25, 0.3) is 0 Å². The maximum atomic E-state index is 6.10. The fraction of sp³-hybridized carbons (Fsp3) is 0.143. The van der Waals surface area contributed by atoms with Crippen LogP contribution in [0.1, 0.15) is 18.5 Å². The Morgan fingerprint density at radius 3 is 2.60 bits per heavy atom. The second kappa shape index (κ2) is 5.38. The molecule has 6 heteroatoms. The minimum atomic E-state index is 0.0707. The highest BCUT2D eigenvalue weighted by Crippen LogP contribution is 2.21. The van der Waals surface area contributed by atoms with Gasteiger partial charge in [-0.3, -0.25) is 0 Å². The maximum Gasteiger partial charge on any atom is 0.226 e. The van der Waals surface area contributed by atoms with Crippen LogP contribution in [0, 0.1) is 0 Å². The summed E-state index contributed by atoms with van der Waals surface area (Å²) < 4.78 is 0. The third kappa shape index (κ3) is 2.53. The number of anilines is 1.